The smallest absolute Gasteiger partial charge is 0.228 e. The minimum Gasteiger partial charge on any atom is -0.340 e. The number of likely N-dealkylation sites (tertiary alicyclic amines) is 1. The van der Waals surface area contributed by atoms with Crippen LogP contribution in [0.2, 0.25) is 0 Å². The molecular formula is C18H24N2O2. The van der Waals surface area contributed by atoms with Gasteiger partial charge in [-0.15, -0.1) is 0 Å². The van der Waals surface area contributed by atoms with Crippen molar-refractivity contribution in [2.75, 3.05) is 18.0 Å². The quantitative estimate of drug-likeness (QED) is 0.842. The predicted octanol–water partition coefficient (Wildman–Crippen LogP) is 2.75. The molecular weight excluding hydrogens is 276 g/mol. The van der Waals surface area contributed by atoms with Crippen molar-refractivity contribution in [1.29, 1.82) is 0 Å². The maximum absolute atomic E-state index is 12.7. The van der Waals surface area contributed by atoms with Crippen molar-refractivity contribution in [3.63, 3.8) is 0 Å². The zero-order valence-electron chi connectivity index (χ0n) is 13.4. The van der Waals surface area contributed by atoms with Crippen molar-refractivity contribution in [3.8, 4) is 0 Å². The van der Waals surface area contributed by atoms with Crippen LogP contribution in [0.1, 0.15) is 38.2 Å². The monoisotopic (exact) mass is 300 g/mol. The number of rotatable bonds is 2. The Morgan fingerprint density at radius 3 is 2.82 bits per heavy atom. The summed E-state index contributed by atoms with van der Waals surface area (Å²) in [5.41, 5.74) is 2.04. The Balaban J connectivity index is 1.72. The minimum absolute atomic E-state index is 0.0635. The van der Waals surface area contributed by atoms with E-state index in [2.05, 4.69) is 6.92 Å². The van der Waals surface area contributed by atoms with Gasteiger partial charge in [0, 0.05) is 31.2 Å². The molecule has 0 N–H and O–H groups in total. The van der Waals surface area contributed by atoms with Gasteiger partial charge >= 0.3 is 0 Å². The third-order valence-corrected chi connectivity index (χ3v) is 4.87. The highest BCUT2D eigenvalue weighted by molar-refractivity contribution is 6.00. The van der Waals surface area contributed by atoms with Crippen molar-refractivity contribution >= 4 is 17.5 Å². The lowest BCUT2D eigenvalue weighted by atomic mass is 9.99. The average molecular weight is 300 g/mol. The Labute approximate surface area is 132 Å². The van der Waals surface area contributed by atoms with Crippen LogP contribution in [0.15, 0.2) is 24.3 Å². The fourth-order valence-corrected chi connectivity index (χ4v) is 3.58. The molecule has 3 rings (SSSR count). The van der Waals surface area contributed by atoms with Crippen LogP contribution >= 0.6 is 0 Å². The van der Waals surface area contributed by atoms with E-state index in [9.17, 15) is 9.59 Å². The summed E-state index contributed by atoms with van der Waals surface area (Å²) in [6, 6.07) is 8.24. The number of carbonyl (C=O) groups excluding carboxylic acids is 2. The second-order valence-electron chi connectivity index (χ2n) is 6.62. The first-order chi connectivity index (χ1) is 10.6. The summed E-state index contributed by atoms with van der Waals surface area (Å²) in [5, 5.41) is 0. The molecule has 0 aliphatic carbocycles. The van der Waals surface area contributed by atoms with Crippen LogP contribution in [-0.4, -0.2) is 35.8 Å². The summed E-state index contributed by atoms with van der Waals surface area (Å²) in [6.45, 7) is 5.49. The molecule has 4 nitrogen and oxygen atoms in total. The number of hydrogen-bond acceptors (Lipinski definition) is 2. The Morgan fingerprint density at radius 1 is 1.27 bits per heavy atom. The number of nitrogens with zero attached hydrogens (tertiary/aromatic N) is 2. The molecule has 2 atom stereocenters. The summed E-state index contributed by atoms with van der Waals surface area (Å²) in [5.74, 6) is 0.0397. The number of anilines is 1. The van der Waals surface area contributed by atoms with Gasteiger partial charge in [-0.1, -0.05) is 12.1 Å². The van der Waals surface area contributed by atoms with Crippen LogP contribution < -0.4 is 4.90 Å². The fraction of sp³-hybridized carbons (Fsp3) is 0.556. The number of carbonyl (C=O) groups is 2. The first kappa shape index (κ1) is 15.1. The van der Waals surface area contributed by atoms with Crippen LogP contribution in [0.5, 0.6) is 0 Å². The normalized spacial score (nSPS) is 25.6. The molecule has 0 spiro atoms. The molecule has 1 aromatic carbocycles. The molecule has 0 radical (unpaired) electrons. The first-order valence-electron chi connectivity index (χ1n) is 8.24. The molecule has 22 heavy (non-hydrogen) atoms. The Bertz CT molecular complexity index is 584. The minimum atomic E-state index is -0.187. The van der Waals surface area contributed by atoms with Gasteiger partial charge in [0.05, 0.1) is 5.92 Å². The second-order valence-corrected chi connectivity index (χ2v) is 6.62. The molecule has 2 heterocycles. The van der Waals surface area contributed by atoms with E-state index in [-0.39, 0.29) is 17.7 Å². The number of hydrogen-bond donors (Lipinski definition) is 0. The fourth-order valence-electron chi connectivity index (χ4n) is 3.58. The van der Waals surface area contributed by atoms with Crippen molar-refractivity contribution in [2.24, 2.45) is 5.92 Å². The van der Waals surface area contributed by atoms with Gasteiger partial charge in [0.2, 0.25) is 11.8 Å². The summed E-state index contributed by atoms with van der Waals surface area (Å²) in [6.07, 6.45) is 3.70. The van der Waals surface area contributed by atoms with Crippen LogP contribution in [0.3, 0.4) is 0 Å². The molecule has 2 unspecified atom stereocenters. The Kier molecular flexibility index (Phi) is 4.19. The molecule has 2 fully saturated rings. The van der Waals surface area contributed by atoms with Gasteiger partial charge in [0.1, 0.15) is 0 Å². The molecule has 118 valence electrons. The van der Waals surface area contributed by atoms with E-state index in [1.807, 2.05) is 36.1 Å². The van der Waals surface area contributed by atoms with Crippen LogP contribution in [0, 0.1) is 12.8 Å². The van der Waals surface area contributed by atoms with Gasteiger partial charge in [0.25, 0.3) is 0 Å². The maximum atomic E-state index is 12.7. The summed E-state index contributed by atoms with van der Waals surface area (Å²) < 4.78 is 0. The lowest BCUT2D eigenvalue weighted by Crippen LogP contribution is -2.45. The summed E-state index contributed by atoms with van der Waals surface area (Å²) in [4.78, 5) is 28.8. The molecule has 2 amide bonds. The maximum Gasteiger partial charge on any atom is 0.228 e. The SMILES string of the molecule is Cc1cccc(N2CC(C(=O)N3CCCCC3C)CC2=O)c1. The molecule has 0 saturated carbocycles. The molecule has 0 bridgehead atoms. The highest BCUT2D eigenvalue weighted by Crippen LogP contribution is 2.28. The van der Waals surface area contributed by atoms with Gasteiger partial charge in [-0.25, -0.2) is 0 Å². The molecule has 4 heteroatoms. The third kappa shape index (κ3) is 2.87. The van der Waals surface area contributed by atoms with Crippen molar-refractivity contribution < 1.29 is 9.59 Å². The molecule has 2 aliphatic heterocycles. The molecule has 0 aromatic heterocycles. The van der Waals surface area contributed by atoms with Crippen LogP contribution in [0.25, 0.3) is 0 Å². The Morgan fingerprint density at radius 2 is 2.09 bits per heavy atom. The summed E-state index contributed by atoms with van der Waals surface area (Å²) >= 11 is 0. The number of benzene rings is 1. The van der Waals surface area contributed by atoms with Crippen molar-refractivity contribution in [2.45, 2.75) is 45.6 Å². The number of aryl methyl sites for hydroxylation is 1. The van der Waals surface area contributed by atoms with Gasteiger partial charge in [0.15, 0.2) is 0 Å². The largest absolute Gasteiger partial charge is 0.340 e. The highest BCUT2D eigenvalue weighted by Gasteiger charge is 2.38. The van der Waals surface area contributed by atoms with E-state index in [0.29, 0.717) is 19.0 Å². The Hall–Kier alpha value is -1.84. The highest BCUT2D eigenvalue weighted by atomic mass is 16.2. The van der Waals surface area contributed by atoms with E-state index in [0.717, 1.165) is 30.6 Å². The van der Waals surface area contributed by atoms with Gasteiger partial charge in [-0.05, 0) is 50.8 Å². The lowest BCUT2D eigenvalue weighted by molar-refractivity contribution is -0.139. The van der Waals surface area contributed by atoms with Gasteiger partial charge < -0.3 is 9.80 Å². The van der Waals surface area contributed by atoms with Crippen molar-refractivity contribution in [1.82, 2.24) is 4.90 Å². The number of piperidine rings is 1. The topological polar surface area (TPSA) is 40.6 Å². The van der Waals surface area contributed by atoms with Crippen LogP contribution in [0.4, 0.5) is 5.69 Å². The van der Waals surface area contributed by atoms with Gasteiger partial charge in [-0.3, -0.25) is 9.59 Å². The van der Waals surface area contributed by atoms with E-state index >= 15 is 0 Å². The lowest BCUT2D eigenvalue weighted by Gasteiger charge is -2.35. The molecule has 1 aromatic rings. The first-order valence-corrected chi connectivity index (χ1v) is 8.24. The third-order valence-electron chi connectivity index (χ3n) is 4.87. The summed E-state index contributed by atoms with van der Waals surface area (Å²) in [7, 11) is 0. The van der Waals surface area contributed by atoms with E-state index in [1.54, 1.807) is 4.90 Å². The average Bonchev–Trinajstić information content (AvgIpc) is 2.89. The predicted molar refractivity (Wildman–Crippen MR) is 86.7 cm³/mol. The zero-order valence-corrected chi connectivity index (χ0v) is 13.4. The number of amides is 2. The standard InChI is InChI=1S/C18H24N2O2/c1-13-6-5-8-16(10-13)20-12-15(11-17(20)21)18(22)19-9-4-3-7-14(19)2/h5-6,8,10,14-15H,3-4,7,9,11-12H2,1-2H3. The van der Waals surface area contributed by atoms with E-state index in [4.69, 9.17) is 0 Å². The zero-order chi connectivity index (χ0) is 15.7. The van der Waals surface area contributed by atoms with Crippen LogP contribution in [-0.2, 0) is 9.59 Å². The van der Waals surface area contributed by atoms with E-state index < -0.39 is 0 Å². The van der Waals surface area contributed by atoms with Gasteiger partial charge in [-0.2, -0.15) is 0 Å². The molecule has 2 aliphatic rings. The van der Waals surface area contributed by atoms with Crippen molar-refractivity contribution in [3.05, 3.63) is 29.8 Å². The molecule has 2 saturated heterocycles. The van der Waals surface area contributed by atoms with E-state index in [1.165, 1.54) is 6.42 Å². The second kappa shape index (κ2) is 6.11.